The molecule has 0 unspecified atom stereocenters. The maximum atomic E-state index is 12.7. The van der Waals surface area contributed by atoms with Crippen LogP contribution in [0.3, 0.4) is 0 Å². The van der Waals surface area contributed by atoms with Crippen LogP contribution in [-0.2, 0) is 0 Å². The Morgan fingerprint density at radius 3 is 2.47 bits per heavy atom. The second-order valence-electron chi connectivity index (χ2n) is 6.53. The number of aromatic nitrogens is 2. The third-order valence-electron chi connectivity index (χ3n) is 4.28. The Morgan fingerprint density at radius 1 is 0.967 bits per heavy atom. The second kappa shape index (κ2) is 8.52. The first-order chi connectivity index (χ1) is 14.5. The molecule has 0 saturated heterocycles. The maximum absolute atomic E-state index is 12.7. The molecule has 0 fully saturated rings. The van der Waals surface area contributed by atoms with Gasteiger partial charge in [0.1, 0.15) is 5.82 Å². The first-order valence-corrected chi connectivity index (χ1v) is 10.3. The molecule has 8 heteroatoms. The van der Waals surface area contributed by atoms with Gasteiger partial charge in [-0.1, -0.05) is 23.7 Å². The van der Waals surface area contributed by atoms with Crippen LogP contribution >= 0.6 is 22.9 Å². The van der Waals surface area contributed by atoms with E-state index in [2.05, 4.69) is 15.7 Å². The summed E-state index contributed by atoms with van der Waals surface area (Å²) in [4.78, 5) is 25.5. The van der Waals surface area contributed by atoms with E-state index in [1.54, 1.807) is 53.2 Å². The average molecular weight is 437 g/mol. The molecule has 0 aliphatic carbocycles. The lowest BCUT2D eigenvalue weighted by Gasteiger charge is -2.10. The first kappa shape index (κ1) is 19.9. The number of anilines is 2. The van der Waals surface area contributed by atoms with Crippen molar-refractivity contribution < 1.29 is 9.59 Å². The van der Waals surface area contributed by atoms with Crippen molar-refractivity contribution in [3.8, 4) is 5.69 Å². The zero-order chi connectivity index (χ0) is 21.1. The molecule has 2 heterocycles. The van der Waals surface area contributed by atoms with E-state index < -0.39 is 0 Å². The van der Waals surface area contributed by atoms with E-state index in [1.807, 2.05) is 30.5 Å². The topological polar surface area (TPSA) is 76.0 Å². The molecule has 0 spiro atoms. The summed E-state index contributed by atoms with van der Waals surface area (Å²) in [6, 6.07) is 19.3. The number of benzene rings is 2. The fraction of sp³-hybridized carbons (Fsp3) is 0.0455. The lowest BCUT2D eigenvalue weighted by molar-refractivity contribution is 0.102. The molecular formula is C22H17ClN4O2S. The predicted molar refractivity (Wildman–Crippen MR) is 120 cm³/mol. The van der Waals surface area contributed by atoms with Gasteiger partial charge in [-0.15, -0.1) is 11.3 Å². The van der Waals surface area contributed by atoms with Crippen LogP contribution in [0.15, 0.2) is 72.1 Å². The molecule has 0 aliphatic rings. The van der Waals surface area contributed by atoms with E-state index in [0.717, 1.165) is 11.4 Å². The zero-order valence-corrected chi connectivity index (χ0v) is 17.5. The van der Waals surface area contributed by atoms with Crippen LogP contribution in [0.4, 0.5) is 11.5 Å². The molecule has 150 valence electrons. The summed E-state index contributed by atoms with van der Waals surface area (Å²) in [5.41, 5.74) is 2.58. The minimum atomic E-state index is -0.283. The Morgan fingerprint density at radius 2 is 1.77 bits per heavy atom. The van der Waals surface area contributed by atoms with Gasteiger partial charge in [-0.3, -0.25) is 9.59 Å². The van der Waals surface area contributed by atoms with Crippen molar-refractivity contribution >= 4 is 46.3 Å². The minimum absolute atomic E-state index is 0.178. The molecule has 0 aliphatic heterocycles. The smallest absolute Gasteiger partial charge is 0.265 e. The number of nitrogens with zero attached hydrogens (tertiary/aromatic N) is 2. The number of hydrogen-bond acceptors (Lipinski definition) is 4. The number of amides is 2. The largest absolute Gasteiger partial charge is 0.321 e. The van der Waals surface area contributed by atoms with E-state index in [0.29, 0.717) is 27.0 Å². The van der Waals surface area contributed by atoms with Gasteiger partial charge in [-0.05, 0) is 60.8 Å². The highest BCUT2D eigenvalue weighted by atomic mass is 35.5. The summed E-state index contributed by atoms with van der Waals surface area (Å²) in [6.45, 7) is 1.85. The third-order valence-corrected chi connectivity index (χ3v) is 5.38. The highest BCUT2D eigenvalue weighted by Gasteiger charge is 2.13. The highest BCUT2D eigenvalue weighted by Crippen LogP contribution is 2.21. The van der Waals surface area contributed by atoms with E-state index in [-0.39, 0.29) is 11.8 Å². The molecule has 4 rings (SSSR count). The van der Waals surface area contributed by atoms with Gasteiger partial charge < -0.3 is 10.6 Å². The Labute approximate surface area is 182 Å². The average Bonchev–Trinajstić information content (AvgIpc) is 3.38. The van der Waals surface area contributed by atoms with Gasteiger partial charge in [0.15, 0.2) is 0 Å². The lowest BCUT2D eigenvalue weighted by Crippen LogP contribution is -2.15. The Bertz CT molecular complexity index is 1200. The van der Waals surface area contributed by atoms with Crippen molar-refractivity contribution in [3.05, 3.63) is 93.3 Å². The summed E-state index contributed by atoms with van der Waals surface area (Å²) in [5, 5.41) is 12.6. The van der Waals surface area contributed by atoms with Crippen molar-refractivity contribution in [1.82, 2.24) is 9.78 Å². The Hall–Kier alpha value is -3.42. The number of carbonyl (C=O) groups is 2. The second-order valence-corrected chi connectivity index (χ2v) is 7.91. The van der Waals surface area contributed by atoms with Crippen LogP contribution < -0.4 is 10.6 Å². The van der Waals surface area contributed by atoms with Gasteiger partial charge in [-0.25, -0.2) is 4.68 Å². The van der Waals surface area contributed by atoms with Crippen molar-refractivity contribution in [1.29, 1.82) is 0 Å². The third kappa shape index (κ3) is 4.42. The van der Waals surface area contributed by atoms with Gasteiger partial charge in [-0.2, -0.15) is 5.10 Å². The summed E-state index contributed by atoms with van der Waals surface area (Å²) < 4.78 is 1.63. The quantitative estimate of drug-likeness (QED) is 0.439. The van der Waals surface area contributed by atoms with Crippen molar-refractivity contribution in [2.75, 3.05) is 10.6 Å². The number of nitrogens with one attached hydrogen (secondary N) is 2. The van der Waals surface area contributed by atoms with Gasteiger partial charge >= 0.3 is 0 Å². The van der Waals surface area contributed by atoms with Gasteiger partial charge in [0.25, 0.3) is 11.8 Å². The van der Waals surface area contributed by atoms with Crippen LogP contribution in [0, 0.1) is 6.92 Å². The number of hydrogen-bond donors (Lipinski definition) is 2. The highest BCUT2D eigenvalue weighted by molar-refractivity contribution is 7.12. The number of thiophene rings is 1. The molecule has 6 nitrogen and oxygen atoms in total. The van der Waals surface area contributed by atoms with Gasteiger partial charge in [0, 0.05) is 22.3 Å². The predicted octanol–water partition coefficient (Wildman–Crippen LogP) is 5.40. The number of carbonyl (C=O) groups excluding carboxylic acids is 2. The summed E-state index contributed by atoms with van der Waals surface area (Å²) >= 11 is 7.45. The molecule has 2 aromatic carbocycles. The number of rotatable bonds is 5. The van der Waals surface area contributed by atoms with Crippen molar-refractivity contribution in [3.63, 3.8) is 0 Å². The van der Waals surface area contributed by atoms with Crippen LogP contribution in [-0.4, -0.2) is 21.6 Å². The molecule has 4 aromatic rings. The molecular weight excluding hydrogens is 420 g/mol. The van der Waals surface area contributed by atoms with Gasteiger partial charge in [0.2, 0.25) is 0 Å². The monoisotopic (exact) mass is 436 g/mol. The van der Waals surface area contributed by atoms with E-state index in [1.165, 1.54) is 11.3 Å². The fourth-order valence-electron chi connectivity index (χ4n) is 2.89. The molecule has 0 bridgehead atoms. The van der Waals surface area contributed by atoms with Crippen LogP contribution in [0.2, 0.25) is 5.02 Å². The minimum Gasteiger partial charge on any atom is -0.321 e. The summed E-state index contributed by atoms with van der Waals surface area (Å²) in [7, 11) is 0. The zero-order valence-electron chi connectivity index (χ0n) is 15.9. The van der Waals surface area contributed by atoms with Crippen LogP contribution in [0.25, 0.3) is 5.69 Å². The molecule has 2 aromatic heterocycles. The van der Waals surface area contributed by atoms with Crippen molar-refractivity contribution in [2.45, 2.75) is 6.92 Å². The molecule has 0 saturated carbocycles. The molecule has 0 radical (unpaired) electrons. The summed E-state index contributed by atoms with van der Waals surface area (Å²) in [6.07, 6.45) is 0. The fourth-order valence-corrected chi connectivity index (χ4v) is 3.69. The van der Waals surface area contributed by atoms with Crippen molar-refractivity contribution in [2.24, 2.45) is 0 Å². The van der Waals surface area contributed by atoms with E-state index in [4.69, 9.17) is 11.6 Å². The van der Waals surface area contributed by atoms with E-state index in [9.17, 15) is 9.59 Å². The van der Waals surface area contributed by atoms with Crippen LogP contribution in [0.5, 0.6) is 0 Å². The molecule has 0 atom stereocenters. The Balaban J connectivity index is 1.49. The van der Waals surface area contributed by atoms with Gasteiger partial charge in [0.05, 0.1) is 16.3 Å². The first-order valence-electron chi connectivity index (χ1n) is 9.08. The lowest BCUT2D eigenvalue weighted by atomic mass is 10.2. The maximum Gasteiger partial charge on any atom is 0.265 e. The number of halogens is 1. The molecule has 2 N–H and O–H groups in total. The van der Waals surface area contributed by atoms with Crippen LogP contribution in [0.1, 0.15) is 25.7 Å². The normalized spacial score (nSPS) is 10.6. The molecule has 2 amide bonds. The van der Waals surface area contributed by atoms with E-state index >= 15 is 0 Å². The standard InChI is InChI=1S/C22H17ClN4O2S/c1-14-12-20(27(26-14)18-5-2-4-16(23)13-18)25-21(28)15-7-9-17(10-8-15)24-22(29)19-6-3-11-30-19/h2-13H,1H3,(H,24,29)(H,25,28). The number of aryl methyl sites for hydroxylation is 1. The Kier molecular flexibility index (Phi) is 5.65. The molecule has 30 heavy (non-hydrogen) atoms. The SMILES string of the molecule is Cc1cc(NC(=O)c2ccc(NC(=O)c3cccs3)cc2)n(-c2cccc(Cl)c2)n1. The summed E-state index contributed by atoms with van der Waals surface area (Å²) in [5.74, 6) is 0.0762.